The Hall–Kier alpha value is 0. The summed E-state index contributed by atoms with van der Waals surface area (Å²) in [6.07, 6.45) is 13.2. The van der Waals surface area contributed by atoms with E-state index in [-0.39, 0.29) is 0 Å². The standard InChI is InChI=1S/C16H32/c1-14(2)8-6-5-7-11-16(4)12-9-15(3)10-13-16/h14-15H,5-13H2,1-4H3. The van der Waals surface area contributed by atoms with Crippen molar-refractivity contribution < 1.29 is 0 Å². The van der Waals surface area contributed by atoms with Crippen LogP contribution in [0.15, 0.2) is 0 Å². The summed E-state index contributed by atoms with van der Waals surface area (Å²) in [6, 6.07) is 0. The van der Waals surface area contributed by atoms with Crippen molar-refractivity contribution in [2.45, 2.75) is 85.5 Å². The summed E-state index contributed by atoms with van der Waals surface area (Å²) >= 11 is 0. The Morgan fingerprint density at radius 2 is 1.69 bits per heavy atom. The first-order valence-corrected chi connectivity index (χ1v) is 7.52. The van der Waals surface area contributed by atoms with Crippen molar-refractivity contribution in [1.82, 2.24) is 0 Å². The third-order valence-corrected chi connectivity index (χ3v) is 4.54. The van der Waals surface area contributed by atoms with Gasteiger partial charge in [-0.1, -0.05) is 66.2 Å². The molecule has 1 saturated carbocycles. The smallest absolute Gasteiger partial charge is 0.0326 e. The van der Waals surface area contributed by atoms with Gasteiger partial charge in [0.25, 0.3) is 0 Å². The Morgan fingerprint density at radius 3 is 2.25 bits per heavy atom. The Bertz CT molecular complexity index is 172. The normalized spacial score (nSPS) is 30.9. The minimum absolute atomic E-state index is 0.699. The molecule has 0 atom stereocenters. The number of rotatable bonds is 6. The molecule has 0 aliphatic heterocycles. The minimum Gasteiger partial charge on any atom is -0.0628 e. The van der Waals surface area contributed by atoms with Crippen molar-refractivity contribution in [2.24, 2.45) is 17.3 Å². The zero-order valence-electron chi connectivity index (χ0n) is 12.0. The summed E-state index contributed by atoms with van der Waals surface area (Å²) in [5.41, 5.74) is 0.699. The van der Waals surface area contributed by atoms with Crippen molar-refractivity contribution >= 4 is 0 Å². The molecule has 1 rings (SSSR count). The highest BCUT2D eigenvalue weighted by molar-refractivity contribution is 4.80. The average molecular weight is 224 g/mol. The van der Waals surface area contributed by atoms with Crippen LogP contribution in [0.4, 0.5) is 0 Å². The van der Waals surface area contributed by atoms with Gasteiger partial charge < -0.3 is 0 Å². The van der Waals surface area contributed by atoms with Gasteiger partial charge in [-0.15, -0.1) is 0 Å². The van der Waals surface area contributed by atoms with Gasteiger partial charge in [0.2, 0.25) is 0 Å². The molecule has 0 spiro atoms. The largest absolute Gasteiger partial charge is 0.0628 e. The first-order chi connectivity index (χ1) is 7.52. The van der Waals surface area contributed by atoms with Gasteiger partial charge in [0.15, 0.2) is 0 Å². The molecule has 0 N–H and O–H groups in total. The second-order valence-corrected chi connectivity index (χ2v) is 6.99. The first-order valence-electron chi connectivity index (χ1n) is 7.52. The molecule has 0 aromatic rings. The minimum atomic E-state index is 0.699. The molecular weight excluding hydrogens is 192 g/mol. The molecule has 0 bridgehead atoms. The topological polar surface area (TPSA) is 0 Å². The third kappa shape index (κ3) is 5.37. The number of hydrogen-bond acceptors (Lipinski definition) is 0. The lowest BCUT2D eigenvalue weighted by Gasteiger charge is -2.36. The summed E-state index contributed by atoms with van der Waals surface area (Å²) in [6.45, 7) is 9.62. The van der Waals surface area contributed by atoms with Crippen LogP contribution in [0.3, 0.4) is 0 Å². The van der Waals surface area contributed by atoms with E-state index in [1.165, 1.54) is 57.8 Å². The van der Waals surface area contributed by atoms with Crippen molar-refractivity contribution in [3.05, 3.63) is 0 Å². The molecule has 0 unspecified atom stereocenters. The van der Waals surface area contributed by atoms with Crippen molar-refractivity contribution in [1.29, 1.82) is 0 Å². The lowest BCUT2D eigenvalue weighted by Crippen LogP contribution is -2.23. The predicted molar refractivity (Wildman–Crippen MR) is 73.7 cm³/mol. The summed E-state index contributed by atoms with van der Waals surface area (Å²) in [5, 5.41) is 0. The summed E-state index contributed by atoms with van der Waals surface area (Å²) < 4.78 is 0. The molecule has 0 heterocycles. The molecule has 96 valence electrons. The zero-order chi connectivity index (χ0) is 12.0. The molecule has 0 saturated heterocycles. The fraction of sp³-hybridized carbons (Fsp3) is 1.00. The van der Waals surface area contributed by atoms with Crippen LogP contribution in [0, 0.1) is 17.3 Å². The Morgan fingerprint density at radius 1 is 1.06 bits per heavy atom. The fourth-order valence-electron chi connectivity index (χ4n) is 2.99. The molecular formula is C16H32. The molecule has 1 fully saturated rings. The van der Waals surface area contributed by atoms with Crippen molar-refractivity contribution in [2.75, 3.05) is 0 Å². The Kier molecular flexibility index (Phi) is 5.86. The lowest BCUT2D eigenvalue weighted by atomic mass is 9.69. The summed E-state index contributed by atoms with van der Waals surface area (Å²) in [5.74, 6) is 1.89. The highest BCUT2D eigenvalue weighted by Crippen LogP contribution is 2.42. The van der Waals surface area contributed by atoms with Crippen molar-refractivity contribution in [3.8, 4) is 0 Å². The van der Waals surface area contributed by atoms with Gasteiger partial charge in [-0.25, -0.2) is 0 Å². The van der Waals surface area contributed by atoms with Crippen molar-refractivity contribution in [3.63, 3.8) is 0 Å². The van der Waals surface area contributed by atoms with E-state index in [4.69, 9.17) is 0 Å². The Balaban J connectivity index is 2.07. The average Bonchev–Trinajstić information content (AvgIpc) is 2.22. The van der Waals surface area contributed by atoms with E-state index in [2.05, 4.69) is 27.7 Å². The van der Waals surface area contributed by atoms with Gasteiger partial charge in [0.1, 0.15) is 0 Å². The molecule has 0 aromatic heterocycles. The van der Waals surface area contributed by atoms with E-state index in [0.29, 0.717) is 5.41 Å². The van der Waals surface area contributed by atoms with Gasteiger partial charge in [-0.3, -0.25) is 0 Å². The number of unbranched alkanes of at least 4 members (excludes halogenated alkanes) is 2. The maximum absolute atomic E-state index is 2.53. The maximum Gasteiger partial charge on any atom is -0.0326 e. The van der Waals surface area contributed by atoms with Crippen LogP contribution in [0.5, 0.6) is 0 Å². The third-order valence-electron chi connectivity index (χ3n) is 4.54. The lowest BCUT2D eigenvalue weighted by molar-refractivity contribution is 0.159. The summed E-state index contributed by atoms with van der Waals surface area (Å²) in [4.78, 5) is 0. The van der Waals surface area contributed by atoms with Gasteiger partial charge >= 0.3 is 0 Å². The van der Waals surface area contributed by atoms with E-state index in [1.54, 1.807) is 0 Å². The Labute approximate surface area is 103 Å². The van der Waals surface area contributed by atoms with E-state index >= 15 is 0 Å². The van der Waals surface area contributed by atoms with Crippen LogP contribution < -0.4 is 0 Å². The molecule has 0 nitrogen and oxygen atoms in total. The monoisotopic (exact) mass is 224 g/mol. The molecule has 0 aromatic carbocycles. The second kappa shape index (κ2) is 6.67. The van der Waals surface area contributed by atoms with Crippen LogP contribution in [0.1, 0.15) is 85.5 Å². The van der Waals surface area contributed by atoms with E-state index in [1.807, 2.05) is 0 Å². The first kappa shape index (κ1) is 14.1. The fourth-order valence-corrected chi connectivity index (χ4v) is 2.99. The van der Waals surface area contributed by atoms with Gasteiger partial charge in [-0.05, 0) is 36.5 Å². The van der Waals surface area contributed by atoms with E-state index in [9.17, 15) is 0 Å². The van der Waals surface area contributed by atoms with E-state index in [0.717, 1.165) is 11.8 Å². The highest BCUT2D eigenvalue weighted by Gasteiger charge is 2.28. The quantitative estimate of drug-likeness (QED) is 0.499. The van der Waals surface area contributed by atoms with Gasteiger partial charge in [-0.2, -0.15) is 0 Å². The van der Waals surface area contributed by atoms with E-state index < -0.39 is 0 Å². The molecule has 1 aliphatic rings. The number of hydrogen-bond donors (Lipinski definition) is 0. The van der Waals surface area contributed by atoms with Crippen LogP contribution in [-0.4, -0.2) is 0 Å². The predicted octanol–water partition coefficient (Wildman–Crippen LogP) is 5.81. The SMILES string of the molecule is CC(C)CCCCCC1(C)CCC(C)CC1. The highest BCUT2D eigenvalue weighted by atomic mass is 14.3. The molecule has 0 radical (unpaired) electrons. The zero-order valence-corrected chi connectivity index (χ0v) is 12.0. The van der Waals surface area contributed by atoms with Gasteiger partial charge in [0, 0.05) is 0 Å². The molecule has 16 heavy (non-hydrogen) atoms. The molecule has 0 heteroatoms. The summed E-state index contributed by atoms with van der Waals surface area (Å²) in [7, 11) is 0. The van der Waals surface area contributed by atoms with Crippen LogP contribution in [-0.2, 0) is 0 Å². The molecule has 0 amide bonds. The van der Waals surface area contributed by atoms with Crippen LogP contribution in [0.2, 0.25) is 0 Å². The molecule has 1 aliphatic carbocycles. The van der Waals surface area contributed by atoms with Crippen LogP contribution >= 0.6 is 0 Å². The van der Waals surface area contributed by atoms with Gasteiger partial charge in [0.05, 0.1) is 0 Å². The maximum atomic E-state index is 2.53. The second-order valence-electron chi connectivity index (χ2n) is 6.99. The van der Waals surface area contributed by atoms with Crippen LogP contribution in [0.25, 0.3) is 0 Å².